The molecule has 0 aliphatic carbocycles. The Morgan fingerprint density at radius 2 is 1.83 bits per heavy atom. The number of carbonyl (C=O) groups excluding carboxylic acids is 1. The minimum absolute atomic E-state index is 0.151. The Hall–Kier alpha value is -3.35. The fourth-order valence-electron chi connectivity index (χ4n) is 3.34. The van der Waals surface area contributed by atoms with E-state index in [1.54, 1.807) is 31.6 Å². The fourth-order valence-corrected chi connectivity index (χ4v) is 3.34. The van der Waals surface area contributed by atoms with Gasteiger partial charge in [0, 0.05) is 36.7 Å². The van der Waals surface area contributed by atoms with Crippen molar-refractivity contribution in [2.75, 3.05) is 0 Å². The number of rotatable bonds is 6. The van der Waals surface area contributed by atoms with Gasteiger partial charge in [-0.15, -0.1) is 0 Å². The van der Waals surface area contributed by atoms with E-state index in [0.29, 0.717) is 17.7 Å². The second-order valence-corrected chi connectivity index (χ2v) is 7.81. The average Bonchev–Trinajstić information content (AvgIpc) is 2.68. The Kier molecular flexibility index (Phi) is 6.40. The molecule has 0 radical (unpaired) electrons. The molecule has 0 spiro atoms. The van der Waals surface area contributed by atoms with Crippen LogP contribution in [-0.4, -0.2) is 31.5 Å². The van der Waals surface area contributed by atoms with Crippen LogP contribution in [0.5, 0.6) is 0 Å². The van der Waals surface area contributed by atoms with Gasteiger partial charge in [0.15, 0.2) is 0 Å². The van der Waals surface area contributed by atoms with E-state index in [1.165, 1.54) is 4.57 Å². The lowest BCUT2D eigenvalue weighted by Crippen LogP contribution is -2.39. The number of hydrogen-bond donors (Lipinski definition) is 1. The summed E-state index contributed by atoms with van der Waals surface area (Å²) in [5, 5.41) is 2.95. The summed E-state index contributed by atoms with van der Waals surface area (Å²) in [6.45, 7) is 9.80. The van der Waals surface area contributed by atoms with Crippen molar-refractivity contribution < 1.29 is 4.79 Å². The molecule has 3 heterocycles. The number of carbonyl (C=O) groups is 1. The molecule has 0 bridgehead atoms. The Labute approximate surface area is 176 Å². The van der Waals surface area contributed by atoms with Crippen LogP contribution in [-0.2, 0) is 13.0 Å². The molecule has 156 valence electrons. The molecule has 3 aromatic heterocycles. The molecule has 3 rings (SSSR count). The van der Waals surface area contributed by atoms with Crippen LogP contribution in [0.25, 0.3) is 0 Å². The van der Waals surface area contributed by atoms with Gasteiger partial charge in [-0.1, -0.05) is 6.07 Å². The summed E-state index contributed by atoms with van der Waals surface area (Å²) in [6.07, 6.45) is 7.39. The minimum Gasteiger partial charge on any atom is -0.349 e. The predicted octanol–water partition coefficient (Wildman–Crippen LogP) is 2.68. The molecule has 1 atom stereocenters. The molecular formula is C23H27N5O2. The third kappa shape index (κ3) is 4.97. The maximum absolute atomic E-state index is 13.0. The van der Waals surface area contributed by atoms with Crippen LogP contribution in [0.15, 0.2) is 41.7 Å². The summed E-state index contributed by atoms with van der Waals surface area (Å²) in [4.78, 5) is 38.8. The van der Waals surface area contributed by atoms with Gasteiger partial charge in [0.1, 0.15) is 5.56 Å². The molecule has 7 heteroatoms. The van der Waals surface area contributed by atoms with Crippen LogP contribution in [0.1, 0.15) is 51.1 Å². The Morgan fingerprint density at radius 3 is 2.50 bits per heavy atom. The monoisotopic (exact) mass is 405 g/mol. The Balaban J connectivity index is 1.77. The zero-order valence-corrected chi connectivity index (χ0v) is 18.1. The molecule has 3 aromatic rings. The maximum Gasteiger partial charge on any atom is 0.264 e. The van der Waals surface area contributed by atoms with Crippen LogP contribution in [0.4, 0.5) is 0 Å². The fraction of sp³-hybridized carbons (Fsp3) is 0.348. The van der Waals surface area contributed by atoms with E-state index in [0.717, 1.165) is 22.5 Å². The predicted molar refractivity (Wildman–Crippen MR) is 116 cm³/mol. The summed E-state index contributed by atoms with van der Waals surface area (Å²) in [5.41, 5.74) is 5.05. The normalized spacial score (nSPS) is 11.9. The van der Waals surface area contributed by atoms with Crippen molar-refractivity contribution >= 4 is 5.91 Å². The Morgan fingerprint density at radius 1 is 1.07 bits per heavy atom. The highest BCUT2D eigenvalue weighted by molar-refractivity contribution is 5.95. The lowest BCUT2D eigenvalue weighted by Gasteiger charge is -2.16. The number of amides is 1. The highest BCUT2D eigenvalue weighted by atomic mass is 16.2. The van der Waals surface area contributed by atoms with Crippen molar-refractivity contribution in [3.05, 3.63) is 86.6 Å². The number of pyridine rings is 2. The molecule has 1 unspecified atom stereocenters. The molecule has 0 saturated heterocycles. The average molecular weight is 406 g/mol. The van der Waals surface area contributed by atoms with Crippen LogP contribution in [0.2, 0.25) is 0 Å². The van der Waals surface area contributed by atoms with Gasteiger partial charge in [-0.25, -0.2) is 0 Å². The summed E-state index contributed by atoms with van der Waals surface area (Å²) in [7, 11) is 0. The second kappa shape index (κ2) is 8.98. The van der Waals surface area contributed by atoms with E-state index >= 15 is 0 Å². The first kappa shape index (κ1) is 21.4. The largest absolute Gasteiger partial charge is 0.349 e. The van der Waals surface area contributed by atoms with Gasteiger partial charge >= 0.3 is 0 Å². The van der Waals surface area contributed by atoms with Gasteiger partial charge in [0.25, 0.3) is 11.5 Å². The van der Waals surface area contributed by atoms with E-state index in [1.807, 2.05) is 33.9 Å². The van der Waals surface area contributed by atoms with Crippen LogP contribution in [0.3, 0.4) is 0 Å². The molecule has 7 nitrogen and oxygen atoms in total. The molecular weight excluding hydrogens is 378 g/mol. The molecule has 1 N–H and O–H groups in total. The SMILES string of the molecule is Cc1cnc(CC(C)NC(=O)c2c(C)ccn(Cc3cnc(C)cn3)c2=O)c(C)c1. The first-order valence-corrected chi connectivity index (χ1v) is 9.95. The van der Waals surface area contributed by atoms with E-state index in [-0.39, 0.29) is 29.6 Å². The van der Waals surface area contributed by atoms with Crippen molar-refractivity contribution in [3.8, 4) is 0 Å². The topological polar surface area (TPSA) is 89.8 Å². The summed E-state index contributed by atoms with van der Waals surface area (Å²) in [6, 6.07) is 3.68. The van der Waals surface area contributed by atoms with E-state index < -0.39 is 0 Å². The number of aryl methyl sites for hydroxylation is 4. The van der Waals surface area contributed by atoms with Gasteiger partial charge in [-0.2, -0.15) is 0 Å². The number of nitrogens with zero attached hydrogens (tertiary/aromatic N) is 4. The van der Waals surface area contributed by atoms with Gasteiger partial charge in [0.05, 0.1) is 24.1 Å². The molecule has 30 heavy (non-hydrogen) atoms. The zero-order valence-electron chi connectivity index (χ0n) is 18.1. The van der Waals surface area contributed by atoms with Gasteiger partial charge < -0.3 is 9.88 Å². The van der Waals surface area contributed by atoms with Crippen molar-refractivity contribution in [2.45, 2.75) is 53.6 Å². The van der Waals surface area contributed by atoms with Crippen molar-refractivity contribution in [1.29, 1.82) is 0 Å². The number of nitrogens with one attached hydrogen (secondary N) is 1. The number of aromatic nitrogens is 4. The van der Waals surface area contributed by atoms with E-state index in [9.17, 15) is 9.59 Å². The molecule has 0 aliphatic heterocycles. The van der Waals surface area contributed by atoms with E-state index in [4.69, 9.17) is 0 Å². The quantitative estimate of drug-likeness (QED) is 0.681. The molecule has 1 amide bonds. The molecule has 0 saturated carbocycles. The molecule has 0 fully saturated rings. The van der Waals surface area contributed by atoms with Crippen molar-refractivity contribution in [2.24, 2.45) is 0 Å². The van der Waals surface area contributed by atoms with Crippen LogP contribution < -0.4 is 10.9 Å². The van der Waals surface area contributed by atoms with Crippen LogP contribution >= 0.6 is 0 Å². The molecule has 0 aromatic carbocycles. The second-order valence-electron chi connectivity index (χ2n) is 7.81. The minimum atomic E-state index is -0.376. The van der Waals surface area contributed by atoms with Crippen molar-refractivity contribution in [1.82, 2.24) is 24.8 Å². The third-order valence-corrected chi connectivity index (χ3v) is 4.97. The summed E-state index contributed by atoms with van der Waals surface area (Å²) >= 11 is 0. The van der Waals surface area contributed by atoms with Gasteiger partial charge in [0.2, 0.25) is 0 Å². The van der Waals surface area contributed by atoms with Gasteiger partial charge in [-0.3, -0.25) is 24.5 Å². The van der Waals surface area contributed by atoms with E-state index in [2.05, 4.69) is 26.3 Å². The van der Waals surface area contributed by atoms with Crippen LogP contribution in [0, 0.1) is 27.7 Å². The first-order chi connectivity index (χ1) is 14.2. The summed E-state index contributed by atoms with van der Waals surface area (Å²) in [5.74, 6) is -0.376. The highest BCUT2D eigenvalue weighted by Crippen LogP contribution is 2.10. The highest BCUT2D eigenvalue weighted by Gasteiger charge is 2.19. The standard InChI is InChI=1S/C23H27N5O2/c1-14-8-16(3)20(26-10-14)9-17(4)27-22(29)21-15(2)6-7-28(23(21)30)13-19-12-24-18(5)11-25-19/h6-8,10-12,17H,9,13H2,1-5H3,(H,27,29). The third-order valence-electron chi connectivity index (χ3n) is 4.97. The van der Waals surface area contributed by atoms with Crippen molar-refractivity contribution in [3.63, 3.8) is 0 Å². The molecule has 0 aliphatic rings. The first-order valence-electron chi connectivity index (χ1n) is 9.95. The number of hydrogen-bond acceptors (Lipinski definition) is 5. The lowest BCUT2D eigenvalue weighted by molar-refractivity contribution is 0.0937. The zero-order chi connectivity index (χ0) is 21.8. The lowest BCUT2D eigenvalue weighted by atomic mass is 10.1. The summed E-state index contributed by atoms with van der Waals surface area (Å²) < 4.78 is 1.48. The Bertz CT molecular complexity index is 1120. The maximum atomic E-state index is 13.0. The van der Waals surface area contributed by atoms with Gasteiger partial charge in [-0.05, 0) is 57.4 Å². The smallest absolute Gasteiger partial charge is 0.264 e.